The first-order valence-corrected chi connectivity index (χ1v) is 8.49. The SMILES string of the molecule is CC(=O)c1c[nH]c(C(=O)OCC(=O)N[C@H](C)c2ccc3c(c2)OCCO3)c1. The molecule has 0 fully saturated rings. The number of ketones is 1. The molecule has 1 aliphatic heterocycles. The zero-order valence-electron chi connectivity index (χ0n) is 15.0. The van der Waals surface area contributed by atoms with Gasteiger partial charge in [-0.3, -0.25) is 9.59 Å². The van der Waals surface area contributed by atoms with Crippen LogP contribution in [0.15, 0.2) is 30.5 Å². The van der Waals surface area contributed by atoms with E-state index < -0.39 is 18.5 Å². The fourth-order valence-corrected chi connectivity index (χ4v) is 2.62. The minimum atomic E-state index is -0.704. The molecule has 2 aromatic rings. The molecular formula is C19H20N2O6. The molecule has 27 heavy (non-hydrogen) atoms. The van der Waals surface area contributed by atoms with Crippen LogP contribution in [0.2, 0.25) is 0 Å². The molecule has 1 aromatic heterocycles. The molecule has 0 saturated heterocycles. The molecule has 1 aliphatic rings. The lowest BCUT2D eigenvalue weighted by Crippen LogP contribution is -2.31. The van der Waals surface area contributed by atoms with Gasteiger partial charge in [0.15, 0.2) is 23.9 Å². The fraction of sp³-hybridized carbons (Fsp3) is 0.316. The van der Waals surface area contributed by atoms with E-state index in [-0.39, 0.29) is 17.5 Å². The number of rotatable bonds is 6. The number of amides is 1. The van der Waals surface area contributed by atoms with Crippen LogP contribution in [-0.2, 0) is 9.53 Å². The Labute approximate surface area is 155 Å². The molecule has 0 aliphatic carbocycles. The normalized spacial score (nSPS) is 13.6. The van der Waals surface area contributed by atoms with Crippen molar-refractivity contribution in [2.24, 2.45) is 0 Å². The van der Waals surface area contributed by atoms with Crippen molar-refractivity contribution >= 4 is 17.7 Å². The van der Waals surface area contributed by atoms with Crippen LogP contribution in [0.4, 0.5) is 0 Å². The summed E-state index contributed by atoms with van der Waals surface area (Å²) >= 11 is 0. The van der Waals surface area contributed by atoms with Crippen LogP contribution >= 0.6 is 0 Å². The Hall–Kier alpha value is -3.29. The van der Waals surface area contributed by atoms with Crippen LogP contribution in [0.25, 0.3) is 0 Å². The Kier molecular flexibility index (Phi) is 5.44. The summed E-state index contributed by atoms with van der Waals surface area (Å²) in [6.45, 7) is 3.78. The number of carbonyl (C=O) groups is 3. The summed E-state index contributed by atoms with van der Waals surface area (Å²) in [7, 11) is 0. The number of fused-ring (bicyclic) bond motifs is 1. The van der Waals surface area contributed by atoms with Crippen LogP contribution in [-0.4, -0.2) is 42.5 Å². The van der Waals surface area contributed by atoms with Gasteiger partial charge >= 0.3 is 5.97 Å². The molecule has 0 saturated carbocycles. The highest BCUT2D eigenvalue weighted by atomic mass is 16.6. The molecule has 1 amide bonds. The predicted molar refractivity (Wildman–Crippen MR) is 95.1 cm³/mol. The molecule has 142 valence electrons. The molecule has 0 spiro atoms. The van der Waals surface area contributed by atoms with Crippen molar-refractivity contribution in [3.8, 4) is 11.5 Å². The van der Waals surface area contributed by atoms with E-state index in [1.54, 1.807) is 6.07 Å². The Balaban J connectivity index is 1.52. The Morgan fingerprint density at radius 1 is 1.19 bits per heavy atom. The molecule has 1 aromatic carbocycles. The van der Waals surface area contributed by atoms with E-state index in [1.807, 2.05) is 19.1 Å². The third-order valence-electron chi connectivity index (χ3n) is 4.09. The summed E-state index contributed by atoms with van der Waals surface area (Å²) < 4.78 is 16.0. The molecule has 0 unspecified atom stereocenters. The number of benzene rings is 1. The maximum atomic E-state index is 12.1. The van der Waals surface area contributed by atoms with E-state index >= 15 is 0 Å². The number of carbonyl (C=O) groups excluding carboxylic acids is 3. The lowest BCUT2D eigenvalue weighted by molar-refractivity contribution is -0.124. The van der Waals surface area contributed by atoms with Crippen molar-refractivity contribution in [2.75, 3.05) is 19.8 Å². The molecule has 8 nitrogen and oxygen atoms in total. The lowest BCUT2D eigenvalue weighted by Gasteiger charge is -2.21. The van der Waals surface area contributed by atoms with Crippen LogP contribution in [0.3, 0.4) is 0 Å². The van der Waals surface area contributed by atoms with Gasteiger partial charge in [0.05, 0.1) is 6.04 Å². The van der Waals surface area contributed by atoms with Crippen molar-refractivity contribution in [1.29, 1.82) is 0 Å². The highest BCUT2D eigenvalue weighted by Gasteiger charge is 2.17. The van der Waals surface area contributed by atoms with Crippen LogP contribution in [0.5, 0.6) is 11.5 Å². The lowest BCUT2D eigenvalue weighted by atomic mass is 10.1. The van der Waals surface area contributed by atoms with Crippen LogP contribution in [0.1, 0.15) is 46.3 Å². The third kappa shape index (κ3) is 4.46. The van der Waals surface area contributed by atoms with Gasteiger partial charge in [-0.1, -0.05) is 6.07 Å². The van der Waals surface area contributed by atoms with Crippen LogP contribution < -0.4 is 14.8 Å². The van der Waals surface area contributed by atoms with Crippen LogP contribution in [0, 0.1) is 0 Å². The molecular weight excluding hydrogens is 352 g/mol. The molecule has 3 rings (SSSR count). The summed E-state index contributed by atoms with van der Waals surface area (Å²) in [6.07, 6.45) is 1.42. The first-order valence-electron chi connectivity index (χ1n) is 8.49. The molecule has 0 radical (unpaired) electrons. The Morgan fingerprint density at radius 3 is 2.63 bits per heavy atom. The fourth-order valence-electron chi connectivity index (χ4n) is 2.62. The number of H-pyrrole nitrogens is 1. The molecule has 8 heteroatoms. The molecule has 2 N–H and O–H groups in total. The zero-order valence-corrected chi connectivity index (χ0v) is 15.0. The van der Waals surface area contributed by atoms with Crippen molar-refractivity contribution in [3.63, 3.8) is 0 Å². The maximum Gasteiger partial charge on any atom is 0.355 e. The molecule has 1 atom stereocenters. The summed E-state index contributed by atoms with van der Waals surface area (Å²) in [6, 6.07) is 6.53. The van der Waals surface area contributed by atoms with Crippen molar-refractivity contribution < 1.29 is 28.6 Å². The minimum absolute atomic E-state index is 0.118. The van der Waals surface area contributed by atoms with Gasteiger partial charge in [-0.25, -0.2) is 4.79 Å². The molecule has 2 heterocycles. The van der Waals surface area contributed by atoms with Gasteiger partial charge in [0.2, 0.25) is 0 Å². The Bertz CT molecular complexity index is 873. The predicted octanol–water partition coefficient (Wildman–Crippen LogP) is 2.02. The monoisotopic (exact) mass is 372 g/mol. The van der Waals surface area contributed by atoms with Crippen molar-refractivity contribution in [2.45, 2.75) is 19.9 Å². The molecule has 0 bridgehead atoms. The van der Waals surface area contributed by atoms with E-state index in [4.69, 9.17) is 14.2 Å². The summed E-state index contributed by atoms with van der Waals surface area (Å²) in [5.41, 5.74) is 1.33. The highest BCUT2D eigenvalue weighted by molar-refractivity contribution is 5.97. The summed E-state index contributed by atoms with van der Waals surface area (Å²) in [5.74, 6) is -0.00218. The Morgan fingerprint density at radius 2 is 1.93 bits per heavy atom. The number of nitrogens with one attached hydrogen (secondary N) is 2. The number of ether oxygens (including phenoxy) is 3. The van der Waals surface area contributed by atoms with Crippen molar-refractivity contribution in [3.05, 3.63) is 47.3 Å². The number of esters is 1. The van der Waals surface area contributed by atoms with Gasteiger partial charge in [-0.2, -0.15) is 0 Å². The highest BCUT2D eigenvalue weighted by Crippen LogP contribution is 2.32. The van der Waals surface area contributed by atoms with E-state index in [0.29, 0.717) is 30.3 Å². The minimum Gasteiger partial charge on any atom is -0.486 e. The third-order valence-corrected chi connectivity index (χ3v) is 4.09. The average Bonchev–Trinajstić information content (AvgIpc) is 3.16. The number of aromatic amines is 1. The topological polar surface area (TPSA) is 107 Å². The van der Waals surface area contributed by atoms with E-state index in [2.05, 4.69) is 10.3 Å². The van der Waals surface area contributed by atoms with Gasteiger partial charge in [0.1, 0.15) is 18.9 Å². The van der Waals surface area contributed by atoms with E-state index in [0.717, 1.165) is 5.56 Å². The standard InChI is InChI=1S/C19H20N2O6/c1-11(13-3-4-16-17(8-13)26-6-5-25-16)21-18(23)10-27-19(24)15-7-14(9-20-15)12(2)22/h3-4,7-9,11,20H,5-6,10H2,1-2H3,(H,21,23)/t11-/m1/s1. The first kappa shape index (κ1) is 18.5. The second kappa shape index (κ2) is 7.94. The summed E-state index contributed by atoms with van der Waals surface area (Å²) in [5, 5.41) is 2.76. The quantitative estimate of drug-likeness (QED) is 0.593. The number of hydrogen-bond donors (Lipinski definition) is 2. The summed E-state index contributed by atoms with van der Waals surface area (Å²) in [4.78, 5) is 37.9. The average molecular weight is 372 g/mol. The maximum absolute atomic E-state index is 12.1. The largest absolute Gasteiger partial charge is 0.486 e. The van der Waals surface area contributed by atoms with Gasteiger partial charge < -0.3 is 24.5 Å². The van der Waals surface area contributed by atoms with Crippen molar-refractivity contribution in [1.82, 2.24) is 10.3 Å². The van der Waals surface area contributed by atoms with Gasteiger partial charge in [-0.15, -0.1) is 0 Å². The van der Waals surface area contributed by atoms with Gasteiger partial charge in [-0.05, 0) is 37.6 Å². The number of Topliss-reactive ketones (excluding diaryl/α,β-unsaturated/α-hetero) is 1. The van der Waals surface area contributed by atoms with Gasteiger partial charge in [0.25, 0.3) is 5.91 Å². The van der Waals surface area contributed by atoms with E-state index in [9.17, 15) is 14.4 Å². The van der Waals surface area contributed by atoms with E-state index in [1.165, 1.54) is 19.2 Å². The van der Waals surface area contributed by atoms with Gasteiger partial charge in [0, 0.05) is 11.8 Å². The second-order valence-electron chi connectivity index (χ2n) is 6.13. The number of hydrogen-bond acceptors (Lipinski definition) is 6. The number of aromatic nitrogens is 1. The smallest absolute Gasteiger partial charge is 0.355 e. The first-order chi connectivity index (χ1) is 12.9. The zero-order chi connectivity index (χ0) is 19.4. The second-order valence-corrected chi connectivity index (χ2v) is 6.13.